The van der Waals surface area contributed by atoms with Crippen LogP contribution in [-0.4, -0.2) is 14.5 Å². The molecule has 0 unspecified atom stereocenters. The van der Waals surface area contributed by atoms with Crippen molar-refractivity contribution in [2.75, 3.05) is 0 Å². The van der Waals surface area contributed by atoms with Crippen molar-refractivity contribution in [2.45, 2.75) is 30.7 Å². The molecule has 0 saturated heterocycles. The summed E-state index contributed by atoms with van der Waals surface area (Å²) in [5.74, 6) is 0. The molecule has 0 aliphatic heterocycles. The molecular weight excluding hydrogens is 248 g/mol. The number of sulfonamides is 1. The second-order valence-electron chi connectivity index (χ2n) is 4.35. The highest BCUT2D eigenvalue weighted by atomic mass is 32.2. The van der Waals surface area contributed by atoms with Crippen molar-refractivity contribution >= 4 is 10.0 Å². The number of nitrogens with one attached hydrogen (secondary N) is 1. The van der Waals surface area contributed by atoms with Gasteiger partial charge >= 0.3 is 0 Å². The Bertz CT molecular complexity index is 619. The van der Waals surface area contributed by atoms with Gasteiger partial charge in [-0.1, -0.05) is 12.2 Å². The molecule has 0 bridgehead atoms. The second-order valence-corrected chi connectivity index (χ2v) is 6.06. The molecular formula is C13H14N2O2S. The van der Waals surface area contributed by atoms with Gasteiger partial charge in [-0.3, -0.25) is 0 Å². The first kappa shape index (κ1) is 12.8. The van der Waals surface area contributed by atoms with Crippen molar-refractivity contribution in [3.05, 3.63) is 41.5 Å². The normalized spacial score (nSPS) is 15.8. The number of nitriles is 1. The van der Waals surface area contributed by atoms with Crippen LogP contribution in [0.2, 0.25) is 0 Å². The van der Waals surface area contributed by atoms with Crippen LogP contribution in [0.25, 0.3) is 0 Å². The molecule has 0 aromatic heterocycles. The van der Waals surface area contributed by atoms with Crippen molar-refractivity contribution in [3.63, 3.8) is 0 Å². The van der Waals surface area contributed by atoms with Gasteiger partial charge in [0.15, 0.2) is 0 Å². The number of nitrogens with zero attached hydrogens (tertiary/aromatic N) is 1. The highest BCUT2D eigenvalue weighted by Crippen LogP contribution is 2.17. The van der Waals surface area contributed by atoms with Gasteiger partial charge in [-0.05, 0) is 43.5 Å². The van der Waals surface area contributed by atoms with Crippen LogP contribution in [-0.2, 0) is 10.0 Å². The van der Waals surface area contributed by atoms with E-state index in [1.54, 1.807) is 6.92 Å². The molecule has 1 N–H and O–H groups in total. The largest absolute Gasteiger partial charge is 0.240 e. The summed E-state index contributed by atoms with van der Waals surface area (Å²) in [4.78, 5) is 0.214. The first-order chi connectivity index (χ1) is 8.53. The summed E-state index contributed by atoms with van der Waals surface area (Å²) >= 11 is 0. The lowest BCUT2D eigenvalue weighted by molar-refractivity contribution is 0.557. The number of hydrogen-bond acceptors (Lipinski definition) is 3. The molecule has 0 fully saturated rings. The summed E-state index contributed by atoms with van der Waals surface area (Å²) in [6.07, 6.45) is 5.40. The first-order valence-corrected chi connectivity index (χ1v) is 7.19. The van der Waals surface area contributed by atoms with Gasteiger partial charge in [0, 0.05) is 6.04 Å². The van der Waals surface area contributed by atoms with E-state index < -0.39 is 10.0 Å². The lowest BCUT2D eigenvalue weighted by Crippen LogP contribution is -2.32. The van der Waals surface area contributed by atoms with Crippen LogP contribution in [0.15, 0.2) is 35.2 Å². The average molecular weight is 262 g/mol. The predicted molar refractivity (Wildman–Crippen MR) is 68.4 cm³/mol. The highest BCUT2D eigenvalue weighted by molar-refractivity contribution is 7.89. The molecule has 0 amide bonds. The van der Waals surface area contributed by atoms with E-state index in [1.807, 2.05) is 18.2 Å². The maximum Gasteiger partial charge on any atom is 0.240 e. The van der Waals surface area contributed by atoms with Gasteiger partial charge in [0.1, 0.15) is 0 Å². The topological polar surface area (TPSA) is 70.0 Å². The van der Waals surface area contributed by atoms with Crippen molar-refractivity contribution in [3.8, 4) is 6.07 Å². The van der Waals surface area contributed by atoms with E-state index >= 15 is 0 Å². The highest BCUT2D eigenvalue weighted by Gasteiger charge is 2.20. The van der Waals surface area contributed by atoms with Gasteiger partial charge < -0.3 is 0 Å². The molecule has 0 atom stereocenters. The summed E-state index contributed by atoms with van der Waals surface area (Å²) in [5, 5.41) is 8.82. The predicted octanol–water partition coefficient (Wildman–Crippen LogP) is 1.86. The Hall–Kier alpha value is -1.64. The quantitative estimate of drug-likeness (QED) is 0.845. The molecule has 5 heteroatoms. The van der Waals surface area contributed by atoms with Crippen LogP contribution in [0.5, 0.6) is 0 Å². The van der Waals surface area contributed by atoms with Crippen LogP contribution in [0.1, 0.15) is 24.0 Å². The van der Waals surface area contributed by atoms with Gasteiger partial charge in [-0.2, -0.15) is 5.26 Å². The monoisotopic (exact) mass is 262 g/mol. The maximum absolute atomic E-state index is 12.1. The average Bonchev–Trinajstić information content (AvgIpc) is 2.81. The standard InChI is InChI=1S/C13H14N2O2S/c1-10-8-13(7-6-11(10)9-14)18(16,17)15-12-4-2-3-5-12/h2-3,6-8,12,15H,4-5H2,1H3. The lowest BCUT2D eigenvalue weighted by atomic mass is 10.1. The Labute approximate surface area is 107 Å². The molecule has 1 aliphatic rings. The summed E-state index contributed by atoms with van der Waals surface area (Å²) in [5.41, 5.74) is 1.17. The van der Waals surface area contributed by atoms with E-state index in [0.29, 0.717) is 11.1 Å². The third-order valence-electron chi connectivity index (χ3n) is 2.96. The number of hydrogen-bond donors (Lipinski definition) is 1. The minimum Gasteiger partial charge on any atom is -0.207 e. The molecule has 0 heterocycles. The molecule has 18 heavy (non-hydrogen) atoms. The molecule has 94 valence electrons. The zero-order valence-electron chi connectivity index (χ0n) is 10.1. The van der Waals surface area contributed by atoms with Gasteiger partial charge in [-0.25, -0.2) is 13.1 Å². The number of aryl methyl sites for hydroxylation is 1. The van der Waals surface area contributed by atoms with Crippen LogP contribution in [0.4, 0.5) is 0 Å². The van der Waals surface area contributed by atoms with Gasteiger partial charge in [0.2, 0.25) is 10.0 Å². The van der Waals surface area contributed by atoms with E-state index in [9.17, 15) is 8.42 Å². The first-order valence-electron chi connectivity index (χ1n) is 5.71. The minimum absolute atomic E-state index is 0.0500. The number of rotatable bonds is 3. The van der Waals surface area contributed by atoms with Crippen LogP contribution in [0, 0.1) is 18.3 Å². The Balaban J connectivity index is 2.24. The zero-order valence-corrected chi connectivity index (χ0v) is 10.9. The molecule has 1 aromatic rings. The van der Waals surface area contributed by atoms with E-state index in [2.05, 4.69) is 4.72 Å². The molecule has 1 aliphatic carbocycles. The third-order valence-corrected chi connectivity index (χ3v) is 4.48. The molecule has 0 saturated carbocycles. The maximum atomic E-state index is 12.1. The van der Waals surface area contributed by atoms with Crippen molar-refractivity contribution in [1.29, 1.82) is 5.26 Å². The Morgan fingerprint density at radius 1 is 1.33 bits per heavy atom. The van der Waals surface area contributed by atoms with Gasteiger partial charge in [0.05, 0.1) is 16.5 Å². The lowest BCUT2D eigenvalue weighted by Gasteiger charge is -2.13. The summed E-state index contributed by atoms with van der Waals surface area (Å²) in [7, 11) is -3.49. The number of benzene rings is 1. The van der Waals surface area contributed by atoms with Gasteiger partial charge in [0.25, 0.3) is 0 Å². The van der Waals surface area contributed by atoms with Crippen LogP contribution < -0.4 is 4.72 Å². The van der Waals surface area contributed by atoms with E-state index in [1.165, 1.54) is 18.2 Å². The van der Waals surface area contributed by atoms with Gasteiger partial charge in [-0.15, -0.1) is 0 Å². The van der Waals surface area contributed by atoms with E-state index in [0.717, 1.165) is 12.8 Å². The summed E-state index contributed by atoms with van der Waals surface area (Å²) in [6, 6.07) is 6.51. The third kappa shape index (κ3) is 2.61. The van der Waals surface area contributed by atoms with Crippen molar-refractivity contribution in [2.24, 2.45) is 0 Å². The minimum atomic E-state index is -3.49. The Morgan fingerprint density at radius 2 is 2.00 bits per heavy atom. The van der Waals surface area contributed by atoms with E-state index in [4.69, 9.17) is 5.26 Å². The van der Waals surface area contributed by atoms with Crippen LogP contribution in [0.3, 0.4) is 0 Å². The van der Waals surface area contributed by atoms with Crippen molar-refractivity contribution in [1.82, 2.24) is 4.72 Å². The van der Waals surface area contributed by atoms with Crippen LogP contribution >= 0.6 is 0 Å². The Kier molecular flexibility index (Phi) is 3.50. The Morgan fingerprint density at radius 3 is 2.56 bits per heavy atom. The molecule has 4 nitrogen and oxygen atoms in total. The summed E-state index contributed by atoms with van der Waals surface area (Å²) < 4.78 is 26.9. The molecule has 0 radical (unpaired) electrons. The summed E-state index contributed by atoms with van der Waals surface area (Å²) in [6.45, 7) is 1.73. The van der Waals surface area contributed by atoms with Crippen molar-refractivity contribution < 1.29 is 8.42 Å². The van der Waals surface area contributed by atoms with E-state index in [-0.39, 0.29) is 10.9 Å². The fourth-order valence-corrected chi connectivity index (χ4v) is 3.28. The molecule has 0 spiro atoms. The fraction of sp³-hybridized carbons (Fsp3) is 0.308. The SMILES string of the molecule is Cc1cc(S(=O)(=O)NC2CC=CC2)ccc1C#N. The zero-order chi connectivity index (χ0) is 13.2. The fourth-order valence-electron chi connectivity index (χ4n) is 1.93. The molecule has 2 rings (SSSR count). The smallest absolute Gasteiger partial charge is 0.207 e. The molecule has 1 aromatic carbocycles. The second kappa shape index (κ2) is 4.92.